The van der Waals surface area contributed by atoms with Crippen molar-refractivity contribution in [2.24, 2.45) is 0 Å². The maximum absolute atomic E-state index is 10.6. The van der Waals surface area contributed by atoms with E-state index >= 15 is 0 Å². The van der Waals surface area contributed by atoms with Crippen molar-refractivity contribution in [1.29, 1.82) is 0 Å². The lowest BCUT2D eigenvalue weighted by atomic mass is 10.3. The number of nitrogens with zero attached hydrogens (tertiary/aromatic N) is 1. The summed E-state index contributed by atoms with van der Waals surface area (Å²) >= 11 is 3.29. The summed E-state index contributed by atoms with van der Waals surface area (Å²) < 4.78 is 43.1. The summed E-state index contributed by atoms with van der Waals surface area (Å²) in [6, 6.07) is 5.92. The quantitative estimate of drug-likeness (QED) is 0.0773. The summed E-state index contributed by atoms with van der Waals surface area (Å²) in [5.41, 5.74) is 0.0305. The van der Waals surface area contributed by atoms with Crippen LogP contribution in [0.2, 0.25) is 0 Å². The Morgan fingerprint density at radius 1 is 0.559 bits per heavy atom. The maximum atomic E-state index is 10.6. The molecule has 0 N–H and O–H groups in total. The average molecular weight is 554 g/mol. The third-order valence-corrected chi connectivity index (χ3v) is 4.32. The molecule has 1 aromatic rings. The molecule has 196 valence electrons. The molecule has 1 aromatic carbocycles. The number of rotatable bonds is 25. The number of ether oxygens (including phenoxy) is 8. The Kier molecular flexibility index (Phi) is 21.1. The van der Waals surface area contributed by atoms with Crippen molar-refractivity contribution in [1.82, 2.24) is 0 Å². The molecule has 0 bridgehead atoms. The lowest BCUT2D eigenvalue weighted by molar-refractivity contribution is -0.384. The standard InChI is InChI=1S/C22H36BrNO10/c23-5-6-27-7-8-28-9-10-29-11-12-30-13-14-31-15-16-32-17-18-33-19-20-34-22-3-1-21(2-4-22)24(25)26/h1-4H,5-20H2. The smallest absolute Gasteiger partial charge is 0.269 e. The molecule has 0 spiro atoms. The first kappa shape index (κ1) is 30.7. The van der Waals surface area contributed by atoms with Crippen LogP contribution in [0.15, 0.2) is 24.3 Å². The molecule has 0 aliphatic rings. The largest absolute Gasteiger partial charge is 0.491 e. The zero-order valence-corrected chi connectivity index (χ0v) is 21.1. The van der Waals surface area contributed by atoms with Crippen molar-refractivity contribution < 1.29 is 42.8 Å². The Bertz CT molecular complexity index is 594. The van der Waals surface area contributed by atoms with E-state index in [1.54, 1.807) is 12.1 Å². The fourth-order valence-electron chi connectivity index (χ4n) is 2.36. The first-order valence-electron chi connectivity index (χ1n) is 11.2. The number of halogens is 1. The predicted octanol–water partition coefficient (Wildman–Crippen LogP) is 2.48. The van der Waals surface area contributed by atoms with E-state index in [-0.39, 0.29) is 5.69 Å². The summed E-state index contributed by atoms with van der Waals surface area (Å²) in [6.07, 6.45) is 0. The molecule has 0 heterocycles. The summed E-state index contributed by atoms with van der Waals surface area (Å²) in [7, 11) is 0. The second-order valence-electron chi connectivity index (χ2n) is 6.58. The Hall–Kier alpha value is -1.38. The lowest BCUT2D eigenvalue weighted by Gasteiger charge is -2.09. The van der Waals surface area contributed by atoms with Gasteiger partial charge in [0.2, 0.25) is 0 Å². The van der Waals surface area contributed by atoms with E-state index in [1.807, 2.05) is 0 Å². The fourth-order valence-corrected chi connectivity index (χ4v) is 2.59. The van der Waals surface area contributed by atoms with Crippen LogP contribution in [0.3, 0.4) is 0 Å². The molecule has 0 saturated heterocycles. The molecule has 0 atom stereocenters. The van der Waals surface area contributed by atoms with Crippen LogP contribution in [0, 0.1) is 10.1 Å². The molecule has 0 aliphatic heterocycles. The Labute approximate surface area is 209 Å². The summed E-state index contributed by atoms with van der Waals surface area (Å²) in [4.78, 5) is 10.1. The van der Waals surface area contributed by atoms with Crippen LogP contribution in [0.25, 0.3) is 0 Å². The lowest BCUT2D eigenvalue weighted by Crippen LogP contribution is -2.15. The van der Waals surface area contributed by atoms with Crippen LogP contribution < -0.4 is 4.74 Å². The Balaban J connectivity index is 1.71. The molecule has 0 aromatic heterocycles. The normalized spacial score (nSPS) is 11.1. The van der Waals surface area contributed by atoms with Gasteiger partial charge in [-0.2, -0.15) is 0 Å². The van der Waals surface area contributed by atoms with Gasteiger partial charge in [-0.05, 0) is 12.1 Å². The zero-order chi connectivity index (χ0) is 24.5. The Morgan fingerprint density at radius 3 is 1.21 bits per heavy atom. The molecule has 0 radical (unpaired) electrons. The van der Waals surface area contributed by atoms with Crippen molar-refractivity contribution in [3.8, 4) is 5.75 Å². The van der Waals surface area contributed by atoms with Crippen LogP contribution in [0.5, 0.6) is 5.75 Å². The molecular formula is C22H36BrNO10. The second-order valence-corrected chi connectivity index (χ2v) is 7.37. The van der Waals surface area contributed by atoms with Gasteiger partial charge >= 0.3 is 0 Å². The van der Waals surface area contributed by atoms with Crippen molar-refractivity contribution in [3.05, 3.63) is 34.4 Å². The minimum absolute atomic E-state index is 0.0305. The van der Waals surface area contributed by atoms with Crippen molar-refractivity contribution >= 4 is 21.6 Å². The molecular weight excluding hydrogens is 518 g/mol. The zero-order valence-electron chi connectivity index (χ0n) is 19.5. The number of nitro benzene ring substituents is 1. The number of hydrogen-bond donors (Lipinski definition) is 0. The van der Waals surface area contributed by atoms with Crippen molar-refractivity contribution in [2.45, 2.75) is 0 Å². The fraction of sp³-hybridized carbons (Fsp3) is 0.727. The number of alkyl halides is 1. The average Bonchev–Trinajstić information content (AvgIpc) is 2.84. The van der Waals surface area contributed by atoms with Crippen LogP contribution in [-0.4, -0.2) is 109 Å². The van der Waals surface area contributed by atoms with Crippen LogP contribution in [0.1, 0.15) is 0 Å². The van der Waals surface area contributed by atoms with Gasteiger partial charge in [0.1, 0.15) is 12.4 Å². The minimum atomic E-state index is -0.450. The minimum Gasteiger partial charge on any atom is -0.491 e. The van der Waals surface area contributed by atoms with Crippen LogP contribution >= 0.6 is 15.9 Å². The first-order chi connectivity index (χ1) is 16.7. The van der Waals surface area contributed by atoms with Gasteiger partial charge in [-0.25, -0.2) is 0 Å². The molecule has 1 rings (SSSR count). The highest BCUT2D eigenvalue weighted by molar-refractivity contribution is 9.09. The number of nitro groups is 1. The Morgan fingerprint density at radius 2 is 0.882 bits per heavy atom. The number of non-ortho nitro benzene ring substituents is 1. The monoisotopic (exact) mass is 553 g/mol. The van der Waals surface area contributed by atoms with Gasteiger partial charge in [-0.3, -0.25) is 10.1 Å². The third-order valence-electron chi connectivity index (χ3n) is 4.00. The summed E-state index contributed by atoms with van der Waals surface area (Å²) in [6.45, 7) is 7.59. The highest BCUT2D eigenvalue weighted by Crippen LogP contribution is 2.16. The van der Waals surface area contributed by atoms with Gasteiger partial charge in [-0.1, -0.05) is 15.9 Å². The molecule has 34 heavy (non-hydrogen) atoms. The van der Waals surface area contributed by atoms with Crippen LogP contribution in [0.4, 0.5) is 5.69 Å². The topological polar surface area (TPSA) is 117 Å². The molecule has 11 nitrogen and oxygen atoms in total. The molecule has 12 heteroatoms. The molecule has 0 unspecified atom stereocenters. The second kappa shape index (κ2) is 23.4. The van der Waals surface area contributed by atoms with E-state index in [2.05, 4.69) is 15.9 Å². The molecule has 0 saturated carbocycles. The van der Waals surface area contributed by atoms with Crippen molar-refractivity contribution in [3.63, 3.8) is 0 Å². The summed E-state index contributed by atoms with van der Waals surface area (Å²) in [5.74, 6) is 0.562. The van der Waals surface area contributed by atoms with E-state index in [9.17, 15) is 10.1 Å². The van der Waals surface area contributed by atoms with Gasteiger partial charge in [0.15, 0.2) is 0 Å². The van der Waals surface area contributed by atoms with Gasteiger partial charge < -0.3 is 37.9 Å². The SMILES string of the molecule is O=[N+]([O-])c1ccc(OCCOCCOCCOCCOCCOCCOCCOCCBr)cc1. The molecule has 0 amide bonds. The van der Waals surface area contributed by atoms with Crippen LogP contribution in [-0.2, 0) is 33.2 Å². The highest BCUT2D eigenvalue weighted by Gasteiger charge is 2.04. The van der Waals surface area contributed by atoms with E-state index in [1.165, 1.54) is 12.1 Å². The van der Waals surface area contributed by atoms with Crippen molar-refractivity contribution in [2.75, 3.05) is 104 Å². The number of hydrogen-bond acceptors (Lipinski definition) is 10. The van der Waals surface area contributed by atoms with E-state index in [0.29, 0.717) is 105 Å². The highest BCUT2D eigenvalue weighted by atomic mass is 79.9. The van der Waals surface area contributed by atoms with E-state index in [0.717, 1.165) is 5.33 Å². The van der Waals surface area contributed by atoms with Gasteiger partial charge in [-0.15, -0.1) is 0 Å². The molecule has 0 fully saturated rings. The first-order valence-corrected chi connectivity index (χ1v) is 12.3. The summed E-state index contributed by atoms with van der Waals surface area (Å²) in [5, 5.41) is 11.4. The molecule has 0 aliphatic carbocycles. The number of benzene rings is 1. The van der Waals surface area contributed by atoms with Gasteiger partial charge in [0, 0.05) is 17.5 Å². The van der Waals surface area contributed by atoms with E-state index in [4.69, 9.17) is 37.9 Å². The van der Waals surface area contributed by atoms with E-state index < -0.39 is 4.92 Å². The predicted molar refractivity (Wildman–Crippen MR) is 128 cm³/mol. The van der Waals surface area contributed by atoms with Gasteiger partial charge in [0.25, 0.3) is 5.69 Å². The third kappa shape index (κ3) is 19.0. The maximum Gasteiger partial charge on any atom is 0.269 e. The van der Waals surface area contributed by atoms with Gasteiger partial charge in [0.05, 0.1) is 97.4 Å².